The van der Waals surface area contributed by atoms with Crippen LogP contribution in [0.15, 0.2) is 48.0 Å². The van der Waals surface area contributed by atoms with Crippen molar-refractivity contribution in [2.45, 2.75) is 33.7 Å². The van der Waals surface area contributed by atoms with E-state index in [2.05, 4.69) is 13.8 Å². The van der Waals surface area contributed by atoms with Crippen molar-refractivity contribution in [3.8, 4) is 11.5 Å². The van der Waals surface area contributed by atoms with E-state index in [1.807, 2.05) is 38.1 Å². The molecule has 34 heavy (non-hydrogen) atoms. The number of aliphatic hydroxyl groups is 1. The molecule has 1 fully saturated rings. The van der Waals surface area contributed by atoms with Crippen LogP contribution in [0.5, 0.6) is 11.5 Å². The van der Waals surface area contributed by atoms with E-state index in [4.69, 9.17) is 9.47 Å². The molecule has 0 unspecified atom stereocenters. The molecule has 1 aliphatic rings. The van der Waals surface area contributed by atoms with Gasteiger partial charge in [-0.05, 0) is 69.2 Å². The van der Waals surface area contributed by atoms with E-state index in [0.29, 0.717) is 30.2 Å². The van der Waals surface area contributed by atoms with Crippen molar-refractivity contribution in [1.29, 1.82) is 0 Å². The van der Waals surface area contributed by atoms with Gasteiger partial charge in [0.05, 0.1) is 51.5 Å². The van der Waals surface area contributed by atoms with Crippen molar-refractivity contribution in [3.63, 3.8) is 0 Å². The zero-order valence-corrected chi connectivity index (χ0v) is 20.7. The number of Topliss-reactive ketones (excluding diaryl/α,β-unsaturated/α-hetero) is 1. The number of aryl methyl sites for hydroxylation is 1. The zero-order chi connectivity index (χ0) is 24.8. The average Bonchev–Trinajstić information content (AvgIpc) is 3.10. The van der Waals surface area contributed by atoms with E-state index in [-0.39, 0.29) is 11.3 Å². The van der Waals surface area contributed by atoms with Gasteiger partial charge in [0.1, 0.15) is 17.3 Å². The molecule has 1 atom stereocenters. The molecule has 0 aromatic heterocycles. The van der Waals surface area contributed by atoms with Crippen LogP contribution in [0.2, 0.25) is 0 Å². The van der Waals surface area contributed by atoms with Crippen molar-refractivity contribution in [1.82, 2.24) is 4.90 Å². The Bertz CT molecular complexity index is 1060. The van der Waals surface area contributed by atoms with Crippen molar-refractivity contribution in [3.05, 3.63) is 64.7 Å². The molecule has 0 radical (unpaired) electrons. The van der Waals surface area contributed by atoms with Crippen LogP contribution >= 0.6 is 0 Å². The van der Waals surface area contributed by atoms with Gasteiger partial charge in [-0.25, -0.2) is 0 Å². The van der Waals surface area contributed by atoms with Crippen LogP contribution in [0.1, 0.15) is 43.5 Å². The summed E-state index contributed by atoms with van der Waals surface area (Å²) in [5, 5.41) is 11.3. The second-order valence-electron chi connectivity index (χ2n) is 8.39. The maximum atomic E-state index is 13.2. The second kappa shape index (κ2) is 11.2. The van der Waals surface area contributed by atoms with Gasteiger partial charge in [0.15, 0.2) is 0 Å². The molecule has 0 bridgehead atoms. The van der Waals surface area contributed by atoms with Crippen molar-refractivity contribution in [2.75, 3.05) is 39.9 Å². The number of ketones is 1. The van der Waals surface area contributed by atoms with E-state index >= 15 is 0 Å². The number of aliphatic hydroxyl groups excluding tert-OH is 1. The molecule has 2 N–H and O–H groups in total. The van der Waals surface area contributed by atoms with Gasteiger partial charge in [-0.1, -0.05) is 12.1 Å². The summed E-state index contributed by atoms with van der Waals surface area (Å²) in [6.45, 7) is 11.5. The highest BCUT2D eigenvalue weighted by Gasteiger charge is 2.46. The number of ether oxygens (including phenoxy) is 2. The quantitative estimate of drug-likeness (QED) is 0.319. The van der Waals surface area contributed by atoms with Gasteiger partial charge in [0, 0.05) is 5.56 Å². The minimum absolute atomic E-state index is 0.105. The number of likely N-dealkylation sites (tertiary alicyclic amines) is 1. The number of amides is 1. The molecule has 0 aliphatic carbocycles. The molecule has 0 saturated carbocycles. The fraction of sp³-hybridized carbons (Fsp3) is 0.407. The summed E-state index contributed by atoms with van der Waals surface area (Å²) in [6, 6.07) is 11.9. The Morgan fingerprint density at radius 2 is 1.74 bits per heavy atom. The molecule has 1 heterocycles. The first-order chi connectivity index (χ1) is 16.4. The van der Waals surface area contributed by atoms with Gasteiger partial charge in [-0.15, -0.1) is 0 Å². The van der Waals surface area contributed by atoms with Gasteiger partial charge < -0.3 is 24.4 Å². The highest BCUT2D eigenvalue weighted by atomic mass is 16.5. The summed E-state index contributed by atoms with van der Waals surface area (Å²) in [5.74, 6) is -0.0406. The number of carbonyl (C=O) groups excluding carboxylic acids is 2. The average molecular weight is 468 g/mol. The Morgan fingerprint density at radius 1 is 1.06 bits per heavy atom. The molecule has 7 heteroatoms. The number of likely N-dealkylation sites (N-methyl/N-ethyl adjacent to an activating group) is 1. The number of methoxy groups -OCH3 is 1. The summed E-state index contributed by atoms with van der Waals surface area (Å²) in [4.78, 5) is 29.3. The first kappa shape index (κ1) is 25.3. The van der Waals surface area contributed by atoms with E-state index in [1.165, 1.54) is 4.90 Å². The lowest BCUT2D eigenvalue weighted by Crippen LogP contribution is -3.12. The number of nitrogens with zero attached hydrogens (tertiary/aromatic N) is 1. The lowest BCUT2D eigenvalue weighted by molar-refractivity contribution is -0.895. The molecule has 3 rings (SSSR count). The molecule has 1 aliphatic heterocycles. The first-order valence-electron chi connectivity index (χ1n) is 11.9. The molecule has 2 aromatic rings. The molecule has 2 aromatic carbocycles. The molecule has 182 valence electrons. The van der Waals surface area contributed by atoms with Crippen LogP contribution in [0.4, 0.5) is 0 Å². The van der Waals surface area contributed by atoms with Gasteiger partial charge in [0.25, 0.3) is 11.7 Å². The Balaban J connectivity index is 2.09. The summed E-state index contributed by atoms with van der Waals surface area (Å²) in [6.07, 6.45) is 0. The number of rotatable bonds is 10. The maximum Gasteiger partial charge on any atom is 0.295 e. The number of carbonyl (C=O) groups is 2. The number of benzene rings is 2. The van der Waals surface area contributed by atoms with Crippen LogP contribution in [0.25, 0.3) is 5.76 Å². The molecular weight excluding hydrogens is 432 g/mol. The van der Waals surface area contributed by atoms with E-state index in [9.17, 15) is 14.7 Å². The summed E-state index contributed by atoms with van der Waals surface area (Å²) >= 11 is 0. The topological polar surface area (TPSA) is 80.5 Å². The Hall–Kier alpha value is -3.32. The fourth-order valence-corrected chi connectivity index (χ4v) is 4.43. The molecule has 1 saturated heterocycles. The fourth-order valence-electron chi connectivity index (χ4n) is 4.43. The zero-order valence-electron chi connectivity index (χ0n) is 20.7. The van der Waals surface area contributed by atoms with Gasteiger partial charge in [-0.2, -0.15) is 0 Å². The van der Waals surface area contributed by atoms with Crippen LogP contribution in [-0.4, -0.2) is 61.6 Å². The Morgan fingerprint density at radius 3 is 2.29 bits per heavy atom. The minimum atomic E-state index is -0.673. The monoisotopic (exact) mass is 467 g/mol. The third kappa shape index (κ3) is 5.09. The summed E-state index contributed by atoms with van der Waals surface area (Å²) in [7, 11) is 1.58. The standard InChI is InChI=1S/C27H34N2O5/c1-6-28(7-2)15-16-29-24(19-9-12-21(13-10-19)34-8-3)23(26(31)27(29)32)25(30)20-11-14-22(33-5)18(4)17-20/h9-14,17,24,30H,6-8,15-16H2,1-5H3/p+1/t24-/m0/s1. The number of hydrogen-bond donors (Lipinski definition) is 2. The van der Waals surface area contributed by atoms with Crippen LogP contribution < -0.4 is 14.4 Å². The third-order valence-corrected chi connectivity index (χ3v) is 6.42. The number of quaternary nitrogens is 1. The molecule has 1 amide bonds. The Labute approximate surface area is 201 Å². The summed E-state index contributed by atoms with van der Waals surface area (Å²) in [5.41, 5.74) is 2.15. The second-order valence-corrected chi connectivity index (χ2v) is 8.39. The van der Waals surface area contributed by atoms with Gasteiger partial charge in [0.2, 0.25) is 0 Å². The Kier molecular flexibility index (Phi) is 8.34. The van der Waals surface area contributed by atoms with Crippen molar-refractivity contribution < 1.29 is 29.1 Å². The van der Waals surface area contributed by atoms with E-state index in [1.54, 1.807) is 30.2 Å². The highest BCUT2D eigenvalue weighted by Crippen LogP contribution is 2.40. The summed E-state index contributed by atoms with van der Waals surface area (Å²) < 4.78 is 10.9. The van der Waals surface area contributed by atoms with Gasteiger partial charge in [-0.3, -0.25) is 9.59 Å². The third-order valence-electron chi connectivity index (χ3n) is 6.42. The van der Waals surface area contributed by atoms with Crippen LogP contribution in [0.3, 0.4) is 0 Å². The molecular formula is C27H35N2O5+. The van der Waals surface area contributed by atoms with E-state index < -0.39 is 17.7 Å². The maximum absolute atomic E-state index is 13.2. The van der Waals surface area contributed by atoms with Crippen LogP contribution in [-0.2, 0) is 9.59 Å². The van der Waals surface area contributed by atoms with E-state index in [0.717, 1.165) is 30.8 Å². The smallest absolute Gasteiger partial charge is 0.295 e. The SMILES string of the molecule is CCOc1ccc([C@H]2C(=C(O)c3ccc(OC)c(C)c3)C(=O)C(=O)N2CC[NH+](CC)CC)cc1. The predicted octanol–water partition coefficient (Wildman–Crippen LogP) is 2.75. The largest absolute Gasteiger partial charge is 0.507 e. The number of nitrogens with one attached hydrogen (secondary N) is 1. The predicted molar refractivity (Wildman–Crippen MR) is 131 cm³/mol. The first-order valence-corrected chi connectivity index (χ1v) is 11.9. The van der Waals surface area contributed by atoms with Crippen molar-refractivity contribution >= 4 is 17.4 Å². The lowest BCUT2D eigenvalue weighted by atomic mass is 9.94. The molecule has 7 nitrogen and oxygen atoms in total. The minimum Gasteiger partial charge on any atom is -0.507 e. The van der Waals surface area contributed by atoms with Crippen molar-refractivity contribution in [2.24, 2.45) is 0 Å². The highest BCUT2D eigenvalue weighted by molar-refractivity contribution is 6.46. The van der Waals surface area contributed by atoms with Gasteiger partial charge >= 0.3 is 0 Å². The normalized spacial score (nSPS) is 17.5. The number of hydrogen-bond acceptors (Lipinski definition) is 5. The van der Waals surface area contributed by atoms with Crippen LogP contribution in [0, 0.1) is 6.92 Å². The lowest BCUT2D eigenvalue weighted by Gasteiger charge is -2.27. The molecule has 0 spiro atoms.